The molecule has 2 atom stereocenters. The van der Waals surface area contributed by atoms with Gasteiger partial charge in [0, 0.05) is 18.3 Å². The summed E-state index contributed by atoms with van der Waals surface area (Å²) in [5, 5.41) is 9.34. The van der Waals surface area contributed by atoms with Crippen molar-refractivity contribution in [2.75, 3.05) is 17.6 Å². The van der Waals surface area contributed by atoms with Crippen LogP contribution in [0.15, 0.2) is 24.7 Å². The van der Waals surface area contributed by atoms with Gasteiger partial charge in [0.2, 0.25) is 0 Å². The lowest BCUT2D eigenvalue weighted by Crippen LogP contribution is -2.46. The molecule has 1 aliphatic heterocycles. The van der Waals surface area contributed by atoms with E-state index in [0.717, 1.165) is 24.0 Å². The summed E-state index contributed by atoms with van der Waals surface area (Å²) in [5.41, 5.74) is 7.79. The molecule has 2 aromatic rings. The number of H-pyrrole nitrogens is 1. The van der Waals surface area contributed by atoms with Gasteiger partial charge in [-0.05, 0) is 37.3 Å². The lowest BCUT2D eigenvalue weighted by atomic mass is 9.91. The van der Waals surface area contributed by atoms with E-state index < -0.39 is 11.8 Å². The molecule has 3 heterocycles. The van der Waals surface area contributed by atoms with E-state index in [0.29, 0.717) is 24.0 Å². The molecular weight excluding hydrogens is 320 g/mol. The molecule has 25 heavy (non-hydrogen) atoms. The number of nitrogens with zero attached hydrogens (tertiary/aromatic N) is 3. The van der Waals surface area contributed by atoms with E-state index in [-0.39, 0.29) is 6.04 Å². The van der Waals surface area contributed by atoms with E-state index in [2.05, 4.69) is 27.4 Å². The third-order valence-corrected chi connectivity index (χ3v) is 4.55. The van der Waals surface area contributed by atoms with Crippen LogP contribution < -0.4 is 11.1 Å². The second-order valence-electron chi connectivity index (χ2n) is 6.57. The van der Waals surface area contributed by atoms with Gasteiger partial charge in [-0.2, -0.15) is 5.10 Å². The summed E-state index contributed by atoms with van der Waals surface area (Å²) in [6.07, 6.45) is 6.72. The van der Waals surface area contributed by atoms with Crippen LogP contribution in [0.5, 0.6) is 0 Å². The minimum absolute atomic E-state index is 0.139. The van der Waals surface area contributed by atoms with Crippen molar-refractivity contribution in [3.05, 3.63) is 35.8 Å². The number of piperidine rings is 1. The molecule has 2 amide bonds. The molecule has 8 heteroatoms. The summed E-state index contributed by atoms with van der Waals surface area (Å²) in [6.45, 7) is 4.42. The monoisotopic (exact) mass is 342 g/mol. The van der Waals surface area contributed by atoms with E-state index in [1.807, 2.05) is 0 Å². The van der Waals surface area contributed by atoms with Crippen LogP contribution in [-0.2, 0) is 9.59 Å². The van der Waals surface area contributed by atoms with Crippen LogP contribution in [-0.4, -0.2) is 38.4 Å². The Labute approximate surface area is 145 Å². The quantitative estimate of drug-likeness (QED) is 0.717. The lowest BCUT2D eigenvalue weighted by Gasteiger charge is -2.37. The highest BCUT2D eigenvalue weighted by Crippen LogP contribution is 2.33. The highest BCUT2D eigenvalue weighted by Gasteiger charge is 2.34. The van der Waals surface area contributed by atoms with E-state index >= 15 is 0 Å². The Balaban J connectivity index is 1.76. The van der Waals surface area contributed by atoms with Crippen LogP contribution in [0.25, 0.3) is 0 Å². The highest BCUT2D eigenvalue weighted by atomic mass is 16.2. The lowest BCUT2D eigenvalue weighted by molar-refractivity contribution is -0.146. The summed E-state index contributed by atoms with van der Waals surface area (Å²) in [6, 6.07) is 1.55. The number of hydrogen-bond acceptors (Lipinski definition) is 5. The summed E-state index contributed by atoms with van der Waals surface area (Å²) in [5.74, 6) is -0.477. The Morgan fingerprint density at radius 3 is 2.84 bits per heavy atom. The molecule has 0 spiro atoms. The maximum atomic E-state index is 12.7. The number of amides is 2. The number of aryl methyl sites for hydroxylation is 1. The van der Waals surface area contributed by atoms with Gasteiger partial charge < -0.3 is 16.0 Å². The van der Waals surface area contributed by atoms with Crippen LogP contribution in [0.4, 0.5) is 11.5 Å². The normalized spacial score (nSPS) is 20.3. The molecule has 1 fully saturated rings. The van der Waals surface area contributed by atoms with E-state index in [1.54, 1.807) is 30.3 Å². The maximum Gasteiger partial charge on any atom is 0.313 e. The zero-order valence-corrected chi connectivity index (χ0v) is 14.3. The van der Waals surface area contributed by atoms with Crippen molar-refractivity contribution in [1.82, 2.24) is 20.1 Å². The van der Waals surface area contributed by atoms with Gasteiger partial charge in [0.05, 0.1) is 24.1 Å². The fraction of sp³-hybridized carbons (Fsp3) is 0.412. The Morgan fingerprint density at radius 1 is 1.36 bits per heavy atom. The zero-order valence-electron chi connectivity index (χ0n) is 14.3. The fourth-order valence-corrected chi connectivity index (χ4v) is 3.14. The second kappa shape index (κ2) is 6.92. The van der Waals surface area contributed by atoms with Crippen molar-refractivity contribution >= 4 is 23.3 Å². The average molecular weight is 342 g/mol. The third-order valence-electron chi connectivity index (χ3n) is 4.55. The van der Waals surface area contributed by atoms with Crippen molar-refractivity contribution in [1.29, 1.82) is 0 Å². The molecule has 3 rings (SSSR count). The molecule has 2 aromatic heterocycles. The van der Waals surface area contributed by atoms with E-state index in [9.17, 15) is 9.59 Å². The van der Waals surface area contributed by atoms with Gasteiger partial charge >= 0.3 is 11.8 Å². The predicted octanol–water partition coefficient (Wildman–Crippen LogP) is 1.63. The molecule has 0 aliphatic carbocycles. The van der Waals surface area contributed by atoms with Crippen LogP contribution in [0.2, 0.25) is 0 Å². The van der Waals surface area contributed by atoms with Gasteiger partial charge in [-0.25, -0.2) is 4.98 Å². The van der Waals surface area contributed by atoms with Crippen LogP contribution in [0.3, 0.4) is 0 Å². The Kier molecular flexibility index (Phi) is 4.69. The first-order valence-electron chi connectivity index (χ1n) is 8.28. The number of nitrogen functional groups attached to an aromatic ring is 1. The number of carbonyl (C=O) groups excluding carboxylic acids is 2. The summed E-state index contributed by atoms with van der Waals surface area (Å²) in [4.78, 5) is 30.8. The number of aromatic nitrogens is 3. The van der Waals surface area contributed by atoms with Crippen molar-refractivity contribution in [3.8, 4) is 0 Å². The Hall–Kier alpha value is -2.90. The third kappa shape index (κ3) is 3.62. The van der Waals surface area contributed by atoms with Gasteiger partial charge in [-0.1, -0.05) is 6.92 Å². The smallest absolute Gasteiger partial charge is 0.313 e. The minimum atomic E-state index is -0.673. The van der Waals surface area contributed by atoms with Crippen LogP contribution in [0.1, 0.15) is 36.9 Å². The van der Waals surface area contributed by atoms with E-state index in [1.165, 1.54) is 6.20 Å². The van der Waals surface area contributed by atoms with Gasteiger partial charge in [-0.15, -0.1) is 0 Å². The number of nitrogens with one attached hydrogen (secondary N) is 2. The standard InChI is InChI=1S/C17H22N6O2/c1-10-3-4-14(12-6-20-21-7-12)23(9-10)17(25)16(24)22-13-5-11(2)15(18)19-8-13/h5-8,10,14H,3-4,9H2,1-2H3,(H2,18,19)(H,20,21)(H,22,24)/t10-,14+/m0/s1. The molecule has 1 saturated heterocycles. The number of pyridine rings is 1. The van der Waals surface area contributed by atoms with Gasteiger partial charge in [0.15, 0.2) is 0 Å². The molecule has 0 radical (unpaired) electrons. The average Bonchev–Trinajstić information content (AvgIpc) is 3.11. The van der Waals surface area contributed by atoms with Gasteiger partial charge in [0.1, 0.15) is 5.82 Å². The molecule has 0 aromatic carbocycles. The number of rotatable bonds is 2. The first kappa shape index (κ1) is 16.9. The first-order chi connectivity index (χ1) is 12.0. The highest BCUT2D eigenvalue weighted by molar-refractivity contribution is 6.39. The number of carbonyl (C=O) groups is 2. The van der Waals surface area contributed by atoms with Gasteiger partial charge in [-0.3, -0.25) is 14.7 Å². The molecule has 1 aliphatic rings. The molecule has 8 nitrogen and oxygen atoms in total. The maximum absolute atomic E-state index is 12.7. The topological polar surface area (TPSA) is 117 Å². The molecule has 132 valence electrons. The second-order valence-corrected chi connectivity index (χ2v) is 6.57. The minimum Gasteiger partial charge on any atom is -0.383 e. The van der Waals surface area contributed by atoms with Crippen molar-refractivity contribution in [3.63, 3.8) is 0 Å². The van der Waals surface area contributed by atoms with Crippen LogP contribution >= 0.6 is 0 Å². The summed E-state index contributed by atoms with van der Waals surface area (Å²) in [7, 11) is 0. The Bertz CT molecular complexity index is 773. The number of hydrogen-bond donors (Lipinski definition) is 3. The van der Waals surface area contributed by atoms with Crippen molar-refractivity contribution in [2.45, 2.75) is 32.7 Å². The Morgan fingerprint density at radius 2 is 2.16 bits per heavy atom. The van der Waals surface area contributed by atoms with Crippen molar-refractivity contribution in [2.24, 2.45) is 5.92 Å². The number of aromatic amines is 1. The fourth-order valence-electron chi connectivity index (χ4n) is 3.14. The number of anilines is 2. The molecule has 0 unspecified atom stereocenters. The predicted molar refractivity (Wildman–Crippen MR) is 93.5 cm³/mol. The van der Waals surface area contributed by atoms with Crippen molar-refractivity contribution < 1.29 is 9.59 Å². The number of likely N-dealkylation sites (tertiary alicyclic amines) is 1. The summed E-state index contributed by atoms with van der Waals surface area (Å²) < 4.78 is 0. The van der Waals surface area contributed by atoms with E-state index in [4.69, 9.17) is 5.73 Å². The number of nitrogens with two attached hydrogens (primary N) is 1. The molecule has 0 bridgehead atoms. The first-order valence-corrected chi connectivity index (χ1v) is 8.28. The molecule has 4 N–H and O–H groups in total. The zero-order chi connectivity index (χ0) is 18.0. The summed E-state index contributed by atoms with van der Waals surface area (Å²) >= 11 is 0. The van der Waals surface area contributed by atoms with Crippen LogP contribution in [0, 0.1) is 12.8 Å². The molecule has 0 saturated carbocycles. The van der Waals surface area contributed by atoms with Gasteiger partial charge in [0.25, 0.3) is 0 Å². The molecular formula is C17H22N6O2. The SMILES string of the molecule is Cc1cc(NC(=O)C(=O)N2C[C@@H](C)CC[C@@H]2c2cn[nH]c2)cnc1N. The largest absolute Gasteiger partial charge is 0.383 e.